The lowest BCUT2D eigenvalue weighted by Crippen LogP contribution is -2.06. The number of amides is 1. The molecule has 0 aromatic heterocycles. The second-order valence-electron chi connectivity index (χ2n) is 5.45. The number of carbonyl (C=O) groups excluding carboxylic acids is 2. The maximum atomic E-state index is 12.6. The Morgan fingerprint density at radius 3 is 2.52 bits per heavy atom. The first-order valence-electron chi connectivity index (χ1n) is 7.59. The van der Waals surface area contributed by atoms with Crippen molar-refractivity contribution in [2.24, 2.45) is 0 Å². The molecule has 25 heavy (non-hydrogen) atoms. The van der Waals surface area contributed by atoms with Crippen molar-refractivity contribution in [3.8, 4) is 17.2 Å². The van der Waals surface area contributed by atoms with Crippen LogP contribution < -0.4 is 19.5 Å². The van der Waals surface area contributed by atoms with Crippen LogP contribution in [0.3, 0.4) is 0 Å². The van der Waals surface area contributed by atoms with Crippen LogP contribution >= 0.6 is 0 Å². The molecule has 128 valence electrons. The first-order valence-corrected chi connectivity index (χ1v) is 7.59. The highest BCUT2D eigenvalue weighted by molar-refractivity contribution is 6.15. The zero-order chi connectivity index (χ0) is 18.0. The number of ketones is 1. The van der Waals surface area contributed by atoms with Crippen LogP contribution in [0.25, 0.3) is 6.08 Å². The molecule has 0 saturated heterocycles. The summed E-state index contributed by atoms with van der Waals surface area (Å²) in [5.41, 5.74) is 1.71. The van der Waals surface area contributed by atoms with E-state index in [1.807, 2.05) is 0 Å². The van der Waals surface area contributed by atoms with Crippen LogP contribution in [0.5, 0.6) is 17.2 Å². The van der Waals surface area contributed by atoms with Crippen LogP contribution in [0, 0.1) is 0 Å². The van der Waals surface area contributed by atoms with Gasteiger partial charge in [-0.25, -0.2) is 0 Å². The van der Waals surface area contributed by atoms with Gasteiger partial charge in [0.05, 0.1) is 19.8 Å². The Hall–Kier alpha value is -3.28. The number of rotatable bonds is 4. The van der Waals surface area contributed by atoms with Crippen molar-refractivity contribution in [3.05, 3.63) is 53.3 Å². The molecule has 0 saturated carbocycles. The van der Waals surface area contributed by atoms with Gasteiger partial charge in [0, 0.05) is 12.6 Å². The first kappa shape index (κ1) is 16.6. The maximum Gasteiger partial charge on any atom is 0.232 e. The molecule has 0 spiro atoms. The van der Waals surface area contributed by atoms with E-state index >= 15 is 0 Å². The summed E-state index contributed by atoms with van der Waals surface area (Å²) in [6.07, 6.45) is 1.64. The predicted octanol–water partition coefficient (Wildman–Crippen LogP) is 3.28. The zero-order valence-corrected chi connectivity index (χ0v) is 14.1. The summed E-state index contributed by atoms with van der Waals surface area (Å²) in [6, 6.07) is 10.3. The molecule has 1 amide bonds. The Kier molecular flexibility index (Phi) is 4.43. The molecule has 2 aromatic carbocycles. The number of carbonyl (C=O) groups is 2. The number of hydrogen-bond donors (Lipinski definition) is 1. The topological polar surface area (TPSA) is 73.9 Å². The Bertz CT molecular complexity index is 885. The highest BCUT2D eigenvalue weighted by Crippen LogP contribution is 2.35. The normalized spacial score (nSPS) is 14.0. The minimum atomic E-state index is -0.239. The van der Waals surface area contributed by atoms with Gasteiger partial charge in [-0.2, -0.15) is 0 Å². The first-order chi connectivity index (χ1) is 12.0. The molecule has 0 atom stereocenters. The van der Waals surface area contributed by atoms with E-state index in [4.69, 9.17) is 14.2 Å². The molecule has 1 aliphatic heterocycles. The van der Waals surface area contributed by atoms with Gasteiger partial charge in [0.2, 0.25) is 11.7 Å². The van der Waals surface area contributed by atoms with Crippen molar-refractivity contribution in [3.63, 3.8) is 0 Å². The van der Waals surface area contributed by atoms with E-state index in [0.717, 1.165) is 5.56 Å². The summed E-state index contributed by atoms with van der Waals surface area (Å²) in [5, 5.41) is 2.65. The highest BCUT2D eigenvalue weighted by atomic mass is 16.5. The largest absolute Gasteiger partial charge is 0.493 e. The summed E-state index contributed by atoms with van der Waals surface area (Å²) in [7, 11) is 3.11. The number of benzene rings is 2. The number of allylic oxidation sites excluding steroid dienone is 1. The average Bonchev–Trinajstić information content (AvgIpc) is 2.90. The molecular weight excluding hydrogens is 322 g/mol. The fourth-order valence-corrected chi connectivity index (χ4v) is 2.56. The van der Waals surface area contributed by atoms with E-state index < -0.39 is 0 Å². The number of hydrogen-bond acceptors (Lipinski definition) is 5. The van der Waals surface area contributed by atoms with Gasteiger partial charge in [0.15, 0.2) is 17.3 Å². The van der Waals surface area contributed by atoms with Gasteiger partial charge in [-0.3, -0.25) is 9.59 Å². The summed E-state index contributed by atoms with van der Waals surface area (Å²) in [5.74, 6) is 1.40. The Morgan fingerprint density at radius 2 is 1.84 bits per heavy atom. The minimum Gasteiger partial charge on any atom is -0.493 e. The lowest BCUT2D eigenvalue weighted by Gasteiger charge is -2.08. The lowest BCUT2D eigenvalue weighted by atomic mass is 10.1. The maximum absolute atomic E-state index is 12.6. The van der Waals surface area contributed by atoms with E-state index in [1.165, 1.54) is 6.92 Å². The fourth-order valence-electron chi connectivity index (χ4n) is 2.56. The van der Waals surface area contributed by atoms with E-state index in [0.29, 0.717) is 28.5 Å². The van der Waals surface area contributed by atoms with Gasteiger partial charge in [-0.05, 0) is 42.0 Å². The molecule has 0 radical (unpaired) electrons. The van der Waals surface area contributed by atoms with Crippen LogP contribution in [-0.4, -0.2) is 25.9 Å². The van der Waals surface area contributed by atoms with Crippen LogP contribution in [-0.2, 0) is 4.79 Å². The smallest absolute Gasteiger partial charge is 0.232 e. The highest BCUT2D eigenvalue weighted by Gasteiger charge is 2.27. The molecule has 3 rings (SSSR count). The predicted molar refractivity (Wildman–Crippen MR) is 93.2 cm³/mol. The van der Waals surface area contributed by atoms with Crippen LogP contribution in [0.2, 0.25) is 0 Å². The lowest BCUT2D eigenvalue weighted by molar-refractivity contribution is -0.114. The second kappa shape index (κ2) is 6.68. The third kappa shape index (κ3) is 3.33. The summed E-state index contributed by atoms with van der Waals surface area (Å²) < 4.78 is 16.1. The molecule has 0 unspecified atom stereocenters. The number of ether oxygens (including phenoxy) is 3. The molecule has 1 aliphatic rings. The fraction of sp³-hybridized carbons (Fsp3) is 0.158. The molecule has 2 aromatic rings. The third-order valence-corrected chi connectivity index (χ3v) is 3.69. The summed E-state index contributed by atoms with van der Waals surface area (Å²) >= 11 is 0. The third-order valence-electron chi connectivity index (χ3n) is 3.69. The molecule has 0 bridgehead atoms. The van der Waals surface area contributed by atoms with E-state index in [9.17, 15) is 9.59 Å². The van der Waals surface area contributed by atoms with Gasteiger partial charge in [0.25, 0.3) is 0 Å². The SMILES string of the molecule is COc1ccc(/C=C2\Oc3ccc(NC(C)=O)cc3C2=O)cc1OC. The molecule has 6 nitrogen and oxygen atoms in total. The van der Waals surface area contributed by atoms with Crippen molar-refractivity contribution in [1.29, 1.82) is 0 Å². The average molecular weight is 339 g/mol. The molecule has 1 heterocycles. The quantitative estimate of drug-likeness (QED) is 0.866. The number of Topliss-reactive ketones (excluding diaryl/α,β-unsaturated/α-hetero) is 1. The molecule has 0 aliphatic carbocycles. The van der Waals surface area contributed by atoms with Crippen LogP contribution in [0.4, 0.5) is 5.69 Å². The summed E-state index contributed by atoms with van der Waals surface area (Å²) in [4.78, 5) is 23.7. The van der Waals surface area contributed by atoms with Crippen molar-refractivity contribution < 1.29 is 23.8 Å². The van der Waals surface area contributed by atoms with Crippen molar-refractivity contribution in [2.75, 3.05) is 19.5 Å². The second-order valence-corrected chi connectivity index (χ2v) is 5.45. The van der Waals surface area contributed by atoms with Gasteiger partial charge in [0.1, 0.15) is 5.75 Å². The van der Waals surface area contributed by atoms with Crippen LogP contribution in [0.1, 0.15) is 22.8 Å². The molecule has 0 fully saturated rings. The zero-order valence-electron chi connectivity index (χ0n) is 14.1. The van der Waals surface area contributed by atoms with E-state index in [1.54, 1.807) is 56.7 Å². The van der Waals surface area contributed by atoms with Gasteiger partial charge >= 0.3 is 0 Å². The number of fused-ring (bicyclic) bond motifs is 1. The number of methoxy groups -OCH3 is 2. The monoisotopic (exact) mass is 339 g/mol. The van der Waals surface area contributed by atoms with Crippen molar-refractivity contribution in [2.45, 2.75) is 6.92 Å². The van der Waals surface area contributed by atoms with Gasteiger partial charge < -0.3 is 19.5 Å². The van der Waals surface area contributed by atoms with Gasteiger partial charge in [-0.15, -0.1) is 0 Å². The molecule has 6 heteroatoms. The van der Waals surface area contributed by atoms with Gasteiger partial charge in [-0.1, -0.05) is 6.07 Å². The Balaban J connectivity index is 1.91. The standard InChI is InChI=1S/C19H17NO5/c1-11(21)20-13-5-7-15-14(10-13)19(22)18(25-15)9-12-4-6-16(23-2)17(8-12)24-3/h4-10H,1-3H3,(H,20,21)/b18-9-. The Morgan fingerprint density at radius 1 is 1.08 bits per heavy atom. The number of nitrogens with one attached hydrogen (secondary N) is 1. The van der Waals surface area contributed by atoms with E-state index in [2.05, 4.69) is 5.32 Å². The van der Waals surface area contributed by atoms with E-state index in [-0.39, 0.29) is 17.4 Å². The summed E-state index contributed by atoms with van der Waals surface area (Å²) in [6.45, 7) is 1.41. The Labute approximate surface area is 145 Å². The number of anilines is 1. The van der Waals surface area contributed by atoms with Crippen LogP contribution in [0.15, 0.2) is 42.2 Å². The van der Waals surface area contributed by atoms with Crippen molar-refractivity contribution >= 4 is 23.5 Å². The van der Waals surface area contributed by atoms with Crippen molar-refractivity contribution in [1.82, 2.24) is 0 Å². The molecule has 1 N–H and O–H groups in total. The molecular formula is C19H17NO5. The minimum absolute atomic E-state index is 0.201.